The van der Waals surface area contributed by atoms with Gasteiger partial charge in [0.15, 0.2) is 21.6 Å². The highest BCUT2D eigenvalue weighted by atomic mass is 32.2. The lowest BCUT2D eigenvalue weighted by atomic mass is 9.93. The zero-order valence-electron chi connectivity index (χ0n) is 15.6. The number of nitrogens with zero attached hydrogens (tertiary/aromatic N) is 2. The van der Waals surface area contributed by atoms with Gasteiger partial charge in [-0.3, -0.25) is 4.79 Å². The third-order valence-corrected chi connectivity index (χ3v) is 9.71. The highest BCUT2D eigenvalue weighted by Crippen LogP contribution is 2.51. The Morgan fingerprint density at radius 2 is 1.96 bits per heavy atom. The van der Waals surface area contributed by atoms with Crippen LogP contribution in [-0.2, 0) is 14.6 Å². The molecule has 0 N–H and O–H groups in total. The molecule has 0 spiro atoms. The number of hydrogen-bond acceptors (Lipinski definition) is 5. The molecule has 150 valence electrons. The molecule has 1 aromatic rings. The molecular formula is C20H24N2O4S2. The number of thioether (sulfide) groups is 1. The molecule has 5 unspecified atom stereocenters. The zero-order valence-corrected chi connectivity index (χ0v) is 17.2. The molecule has 8 heteroatoms. The van der Waals surface area contributed by atoms with E-state index in [-0.39, 0.29) is 35.3 Å². The normalized spacial score (nSPS) is 36.8. The van der Waals surface area contributed by atoms with E-state index in [0.29, 0.717) is 22.9 Å². The van der Waals surface area contributed by atoms with Crippen molar-refractivity contribution in [3.05, 3.63) is 30.3 Å². The Morgan fingerprint density at radius 1 is 1.14 bits per heavy atom. The topological polar surface area (TPSA) is 76.0 Å². The van der Waals surface area contributed by atoms with Crippen LogP contribution in [0, 0.1) is 11.8 Å². The van der Waals surface area contributed by atoms with E-state index in [1.165, 1.54) is 31.0 Å². The van der Waals surface area contributed by atoms with Crippen LogP contribution < -0.4 is 4.74 Å². The van der Waals surface area contributed by atoms with E-state index in [1.807, 2.05) is 30.3 Å². The van der Waals surface area contributed by atoms with Crippen LogP contribution in [0.3, 0.4) is 0 Å². The second kappa shape index (κ2) is 7.06. The number of rotatable bonds is 4. The number of benzene rings is 1. The molecule has 2 heterocycles. The molecule has 0 aromatic heterocycles. The number of amides is 1. The fourth-order valence-corrected chi connectivity index (χ4v) is 9.32. The fourth-order valence-electron chi connectivity index (χ4n) is 5.33. The molecule has 28 heavy (non-hydrogen) atoms. The van der Waals surface area contributed by atoms with Crippen molar-refractivity contribution >= 4 is 32.7 Å². The first kappa shape index (κ1) is 18.5. The molecule has 2 saturated carbocycles. The van der Waals surface area contributed by atoms with Gasteiger partial charge in [-0.15, -0.1) is 0 Å². The second-order valence-electron chi connectivity index (χ2n) is 8.34. The smallest absolute Gasteiger partial charge is 0.285 e. The van der Waals surface area contributed by atoms with Gasteiger partial charge in [-0.2, -0.15) is 4.99 Å². The summed E-state index contributed by atoms with van der Waals surface area (Å²) in [5, 5.41) is 0.704. The lowest BCUT2D eigenvalue weighted by Gasteiger charge is -2.36. The lowest BCUT2D eigenvalue weighted by Crippen LogP contribution is -2.47. The molecule has 1 aromatic carbocycles. The molecule has 5 atom stereocenters. The van der Waals surface area contributed by atoms with E-state index < -0.39 is 9.84 Å². The van der Waals surface area contributed by atoms with E-state index in [1.54, 1.807) is 0 Å². The maximum Gasteiger partial charge on any atom is 0.285 e. The minimum atomic E-state index is -3.01. The number of sulfone groups is 1. The van der Waals surface area contributed by atoms with Gasteiger partial charge < -0.3 is 9.64 Å². The van der Waals surface area contributed by atoms with Gasteiger partial charge in [0.05, 0.1) is 17.5 Å². The number of fused-ring (bicyclic) bond motifs is 3. The summed E-state index contributed by atoms with van der Waals surface area (Å²) < 4.78 is 29.9. The third kappa shape index (κ3) is 3.45. The molecule has 0 radical (unpaired) electrons. The highest BCUT2D eigenvalue weighted by molar-refractivity contribution is 8.15. The minimum absolute atomic E-state index is 0.00859. The van der Waals surface area contributed by atoms with E-state index in [2.05, 4.69) is 9.89 Å². The van der Waals surface area contributed by atoms with Crippen LogP contribution in [-0.4, -0.2) is 59.8 Å². The zero-order chi connectivity index (χ0) is 19.3. The van der Waals surface area contributed by atoms with Gasteiger partial charge in [0, 0.05) is 11.3 Å². The molecule has 2 aliphatic heterocycles. The van der Waals surface area contributed by atoms with Gasteiger partial charge in [-0.25, -0.2) is 8.42 Å². The van der Waals surface area contributed by atoms with Gasteiger partial charge in [0.1, 0.15) is 5.75 Å². The van der Waals surface area contributed by atoms with Gasteiger partial charge in [-0.05, 0) is 43.2 Å². The highest BCUT2D eigenvalue weighted by Gasteiger charge is 2.54. The standard InChI is InChI=1S/C20H24N2O4S2/c23-19(10-26-15-4-2-1-3-5-15)21-20-22(16-9-13-6-7-14(16)8-13)17-11-28(24,25)12-18(17)27-20/h1-5,13-14,16-18H,6-12H2. The molecule has 4 fully saturated rings. The van der Waals surface area contributed by atoms with Crippen LogP contribution in [0.15, 0.2) is 35.3 Å². The van der Waals surface area contributed by atoms with Gasteiger partial charge in [-0.1, -0.05) is 36.4 Å². The van der Waals surface area contributed by atoms with Crippen molar-refractivity contribution in [1.82, 2.24) is 4.90 Å². The van der Waals surface area contributed by atoms with Crippen molar-refractivity contribution in [2.75, 3.05) is 18.1 Å². The summed E-state index contributed by atoms with van der Waals surface area (Å²) in [6, 6.07) is 9.51. The number of carbonyl (C=O) groups is 1. The molecule has 2 saturated heterocycles. The number of hydrogen-bond donors (Lipinski definition) is 0. The van der Waals surface area contributed by atoms with Crippen molar-refractivity contribution in [2.45, 2.75) is 43.0 Å². The summed E-state index contributed by atoms with van der Waals surface area (Å²) in [4.78, 5) is 19.1. The van der Waals surface area contributed by atoms with Crippen molar-refractivity contribution in [3.8, 4) is 5.75 Å². The molecular weight excluding hydrogens is 396 g/mol. The first-order valence-electron chi connectivity index (χ1n) is 9.93. The maximum atomic E-state index is 12.5. The van der Waals surface area contributed by atoms with E-state index in [9.17, 15) is 13.2 Å². The number of amidine groups is 1. The van der Waals surface area contributed by atoms with Crippen molar-refractivity contribution < 1.29 is 17.9 Å². The van der Waals surface area contributed by atoms with E-state index >= 15 is 0 Å². The summed E-state index contributed by atoms with van der Waals surface area (Å²) in [6.45, 7) is -0.105. The van der Waals surface area contributed by atoms with Crippen molar-refractivity contribution in [3.63, 3.8) is 0 Å². The molecule has 5 rings (SSSR count). The Hall–Kier alpha value is -1.54. The Bertz CT molecular complexity index is 902. The Balaban J connectivity index is 1.35. The summed E-state index contributed by atoms with van der Waals surface area (Å²) in [5.41, 5.74) is 0. The first-order chi connectivity index (χ1) is 13.5. The average Bonchev–Trinajstić information content (AvgIpc) is 3.40. The van der Waals surface area contributed by atoms with Crippen LogP contribution in [0.25, 0.3) is 0 Å². The average molecular weight is 421 g/mol. The third-order valence-electron chi connectivity index (χ3n) is 6.49. The summed E-state index contributed by atoms with van der Waals surface area (Å²) in [7, 11) is -3.01. The largest absolute Gasteiger partial charge is 0.484 e. The predicted octanol–water partition coefficient (Wildman–Crippen LogP) is 2.35. The quantitative estimate of drug-likeness (QED) is 0.744. The molecule has 2 aliphatic carbocycles. The van der Waals surface area contributed by atoms with Gasteiger partial charge in [0.2, 0.25) is 0 Å². The number of ether oxygens (including phenoxy) is 1. The lowest BCUT2D eigenvalue weighted by molar-refractivity contribution is -0.119. The van der Waals surface area contributed by atoms with Crippen molar-refractivity contribution in [2.24, 2.45) is 16.8 Å². The minimum Gasteiger partial charge on any atom is -0.484 e. The molecule has 4 aliphatic rings. The summed E-state index contributed by atoms with van der Waals surface area (Å²) in [5.74, 6) is 2.05. The Labute approximate surface area is 169 Å². The number of para-hydroxylation sites is 1. The SMILES string of the molecule is O=C(COc1ccccc1)N=C1SC2CS(=O)(=O)CC2N1C1CC2CCC1C2. The van der Waals surface area contributed by atoms with Crippen LogP contribution in [0.2, 0.25) is 0 Å². The van der Waals surface area contributed by atoms with E-state index in [4.69, 9.17) is 4.74 Å². The Kier molecular flexibility index (Phi) is 4.66. The monoisotopic (exact) mass is 420 g/mol. The predicted molar refractivity (Wildman–Crippen MR) is 109 cm³/mol. The molecule has 6 nitrogen and oxygen atoms in total. The van der Waals surface area contributed by atoms with Crippen LogP contribution >= 0.6 is 11.8 Å². The molecule has 2 bridgehead atoms. The summed E-state index contributed by atoms with van der Waals surface area (Å²) in [6.07, 6.45) is 4.82. The first-order valence-corrected chi connectivity index (χ1v) is 12.6. The second-order valence-corrected chi connectivity index (χ2v) is 11.7. The van der Waals surface area contributed by atoms with Gasteiger partial charge in [0.25, 0.3) is 5.91 Å². The number of carbonyl (C=O) groups excluding carboxylic acids is 1. The van der Waals surface area contributed by atoms with Gasteiger partial charge >= 0.3 is 0 Å². The Morgan fingerprint density at radius 3 is 2.68 bits per heavy atom. The summed E-state index contributed by atoms with van der Waals surface area (Å²) >= 11 is 1.48. The van der Waals surface area contributed by atoms with E-state index in [0.717, 1.165) is 12.3 Å². The van der Waals surface area contributed by atoms with Crippen molar-refractivity contribution in [1.29, 1.82) is 0 Å². The van der Waals surface area contributed by atoms with Crippen LogP contribution in [0.4, 0.5) is 0 Å². The van der Waals surface area contributed by atoms with Crippen LogP contribution in [0.5, 0.6) is 5.75 Å². The van der Waals surface area contributed by atoms with Crippen LogP contribution in [0.1, 0.15) is 25.7 Å². The molecule has 1 amide bonds. The maximum absolute atomic E-state index is 12.5. The fraction of sp³-hybridized carbons (Fsp3) is 0.600. The number of aliphatic imine (C=N–C) groups is 1.